The molecule has 0 saturated heterocycles. The number of amides is 1. The van der Waals surface area contributed by atoms with Crippen LogP contribution in [0.1, 0.15) is 49.9 Å². The number of thioether (sulfide) groups is 1. The molecule has 0 spiro atoms. The lowest BCUT2D eigenvalue weighted by Gasteiger charge is -2.29. The van der Waals surface area contributed by atoms with Crippen molar-refractivity contribution in [1.29, 1.82) is 0 Å². The molecule has 2 N–H and O–H groups in total. The Morgan fingerprint density at radius 1 is 1.07 bits per heavy atom. The Hall–Kier alpha value is -3.28. The van der Waals surface area contributed by atoms with Gasteiger partial charge in [-0.25, -0.2) is 4.68 Å². The molecule has 0 fully saturated rings. The van der Waals surface area contributed by atoms with E-state index in [1.807, 2.05) is 81.4 Å². The van der Waals surface area contributed by atoms with Crippen molar-refractivity contribution in [2.45, 2.75) is 51.9 Å². The second kappa shape index (κ2) is 14.0. The summed E-state index contributed by atoms with van der Waals surface area (Å²) in [5.74, 6) is 2.40. The highest BCUT2D eigenvalue weighted by molar-refractivity contribution is 9.10. The first kappa shape index (κ1) is 31.2. The van der Waals surface area contributed by atoms with Crippen molar-refractivity contribution in [2.75, 3.05) is 23.0 Å². The Balaban J connectivity index is 1.56. The van der Waals surface area contributed by atoms with Gasteiger partial charge in [-0.2, -0.15) is 4.98 Å². The van der Waals surface area contributed by atoms with E-state index in [0.717, 1.165) is 39.0 Å². The Labute approximate surface area is 272 Å². The van der Waals surface area contributed by atoms with E-state index < -0.39 is 6.04 Å². The molecule has 1 aliphatic rings. The van der Waals surface area contributed by atoms with E-state index in [0.29, 0.717) is 51.6 Å². The van der Waals surface area contributed by atoms with Crippen molar-refractivity contribution in [1.82, 2.24) is 14.8 Å². The molecule has 5 rings (SSSR count). The maximum Gasteiger partial charge on any atom is 0.255 e. The molecule has 2 heterocycles. The number of nitrogens with one attached hydrogen (secondary N) is 2. The van der Waals surface area contributed by atoms with Crippen molar-refractivity contribution in [3.8, 4) is 11.5 Å². The molecule has 1 atom stereocenters. The zero-order valence-corrected chi connectivity index (χ0v) is 28.4. The minimum absolute atomic E-state index is 0.228. The molecule has 8 nitrogen and oxygen atoms in total. The third kappa shape index (κ3) is 7.27. The quantitative estimate of drug-likeness (QED) is 0.150. The molecule has 1 amide bonds. The number of aryl methyl sites for hydroxylation is 1. The molecule has 0 bridgehead atoms. The molecular formula is C32H33Br2N5O3S. The lowest BCUT2D eigenvalue weighted by Crippen LogP contribution is -2.31. The van der Waals surface area contributed by atoms with Crippen LogP contribution in [-0.2, 0) is 11.4 Å². The average Bonchev–Trinajstić information content (AvgIpc) is 3.37. The highest BCUT2D eigenvalue weighted by atomic mass is 79.9. The van der Waals surface area contributed by atoms with Crippen molar-refractivity contribution in [2.24, 2.45) is 0 Å². The molecule has 4 aromatic rings. The van der Waals surface area contributed by atoms with Gasteiger partial charge in [0, 0.05) is 21.6 Å². The lowest BCUT2D eigenvalue weighted by atomic mass is 9.94. The standard InChI is InChI=1S/C32H33Br2N5O3S/c1-5-13-43-32-37-31-35-20(4)27(30(40)36-24-12-7-9-19(3)14-24)28(39(31)38-32)22-16-25(34)29(26(17-22)41-6-2)42-18-21-10-8-11-23(33)15-21/h7-12,14-17,28H,5-6,13,18H2,1-4H3,(H,36,40)(H,35,37,38). The Morgan fingerprint density at radius 3 is 2.63 bits per heavy atom. The normalized spacial score (nSPS) is 14.2. The third-order valence-corrected chi connectivity index (χ3v) is 8.83. The third-order valence-electron chi connectivity index (χ3n) is 6.71. The molecule has 1 aliphatic heterocycles. The summed E-state index contributed by atoms with van der Waals surface area (Å²) in [6.07, 6.45) is 0.999. The number of anilines is 2. The van der Waals surface area contributed by atoms with Crippen LogP contribution in [0.2, 0.25) is 0 Å². The minimum Gasteiger partial charge on any atom is -0.490 e. The van der Waals surface area contributed by atoms with E-state index in [2.05, 4.69) is 49.4 Å². The number of benzene rings is 3. The summed E-state index contributed by atoms with van der Waals surface area (Å²) in [6, 6.07) is 19.1. The number of rotatable bonds is 11. The number of carbonyl (C=O) groups is 1. The van der Waals surface area contributed by atoms with Crippen molar-refractivity contribution < 1.29 is 14.3 Å². The Morgan fingerprint density at radius 2 is 1.88 bits per heavy atom. The Kier molecular flexibility index (Phi) is 10.1. The number of carbonyl (C=O) groups excluding carboxylic acids is 1. The SMILES string of the molecule is CCCSc1nc2n(n1)C(c1cc(Br)c(OCc3cccc(Br)c3)c(OCC)c1)C(C(=O)Nc1cccc(C)c1)=C(C)N2. The number of aromatic nitrogens is 3. The predicted octanol–water partition coefficient (Wildman–Crippen LogP) is 8.52. The van der Waals surface area contributed by atoms with Crippen molar-refractivity contribution >= 4 is 61.2 Å². The van der Waals surface area contributed by atoms with E-state index in [9.17, 15) is 4.79 Å². The van der Waals surface area contributed by atoms with Crippen LogP contribution in [0.4, 0.5) is 11.6 Å². The van der Waals surface area contributed by atoms with Crippen LogP contribution in [0.3, 0.4) is 0 Å². The maximum absolute atomic E-state index is 14.0. The van der Waals surface area contributed by atoms with Crippen molar-refractivity contribution in [3.05, 3.63) is 97.6 Å². The van der Waals surface area contributed by atoms with Gasteiger partial charge >= 0.3 is 0 Å². The van der Waals surface area contributed by atoms with Gasteiger partial charge in [0.25, 0.3) is 5.91 Å². The van der Waals surface area contributed by atoms with Gasteiger partial charge in [0.15, 0.2) is 11.5 Å². The van der Waals surface area contributed by atoms with Crippen LogP contribution >= 0.6 is 43.6 Å². The summed E-state index contributed by atoms with van der Waals surface area (Å²) in [5.41, 5.74) is 4.83. The second-order valence-electron chi connectivity index (χ2n) is 10.1. The van der Waals surface area contributed by atoms with Gasteiger partial charge in [0.2, 0.25) is 11.1 Å². The molecule has 0 radical (unpaired) electrons. The van der Waals surface area contributed by atoms with Gasteiger partial charge in [-0.1, -0.05) is 58.9 Å². The fourth-order valence-corrected chi connectivity index (χ4v) is 6.54. The average molecular weight is 728 g/mol. The maximum atomic E-state index is 14.0. The van der Waals surface area contributed by atoms with Crippen LogP contribution in [0, 0.1) is 6.92 Å². The van der Waals surface area contributed by atoms with E-state index in [4.69, 9.17) is 19.6 Å². The number of hydrogen-bond acceptors (Lipinski definition) is 7. The van der Waals surface area contributed by atoms with E-state index in [1.165, 1.54) is 0 Å². The first-order valence-corrected chi connectivity index (χ1v) is 16.6. The molecule has 224 valence electrons. The predicted molar refractivity (Wildman–Crippen MR) is 179 cm³/mol. The number of fused-ring (bicyclic) bond motifs is 1. The van der Waals surface area contributed by atoms with Gasteiger partial charge in [-0.05, 0) is 96.2 Å². The van der Waals surface area contributed by atoms with E-state index in [-0.39, 0.29) is 5.91 Å². The van der Waals surface area contributed by atoms with Crippen LogP contribution in [0.25, 0.3) is 0 Å². The van der Waals surface area contributed by atoms with Crippen LogP contribution in [-0.4, -0.2) is 33.0 Å². The van der Waals surface area contributed by atoms with E-state index in [1.54, 1.807) is 16.4 Å². The summed E-state index contributed by atoms with van der Waals surface area (Å²) in [5, 5.41) is 11.9. The topological polar surface area (TPSA) is 90.3 Å². The van der Waals surface area contributed by atoms with Crippen LogP contribution in [0.5, 0.6) is 11.5 Å². The first-order chi connectivity index (χ1) is 20.8. The summed E-state index contributed by atoms with van der Waals surface area (Å²) >= 11 is 8.85. The van der Waals surface area contributed by atoms with Gasteiger partial charge in [-0.15, -0.1) is 5.10 Å². The van der Waals surface area contributed by atoms with Gasteiger partial charge in [-0.3, -0.25) is 4.79 Å². The fourth-order valence-electron chi connectivity index (χ4n) is 4.84. The van der Waals surface area contributed by atoms with Crippen molar-refractivity contribution in [3.63, 3.8) is 0 Å². The number of ether oxygens (including phenoxy) is 2. The largest absolute Gasteiger partial charge is 0.490 e. The number of allylic oxidation sites excluding steroid dienone is 1. The first-order valence-electron chi connectivity index (χ1n) is 14.1. The molecule has 43 heavy (non-hydrogen) atoms. The number of halogens is 2. The summed E-state index contributed by atoms with van der Waals surface area (Å²) in [4.78, 5) is 18.7. The van der Waals surface area contributed by atoms with Crippen LogP contribution in [0.15, 0.2) is 86.0 Å². The minimum atomic E-state index is -0.570. The summed E-state index contributed by atoms with van der Waals surface area (Å²) < 4.78 is 15.8. The number of hydrogen-bond donors (Lipinski definition) is 2. The second-order valence-corrected chi connectivity index (χ2v) is 12.9. The molecule has 1 aromatic heterocycles. The Bertz CT molecular complexity index is 1670. The zero-order valence-electron chi connectivity index (χ0n) is 24.4. The van der Waals surface area contributed by atoms with Gasteiger partial charge in [0.05, 0.1) is 16.7 Å². The number of nitrogens with zero attached hydrogens (tertiary/aromatic N) is 3. The van der Waals surface area contributed by atoms with Crippen LogP contribution < -0.4 is 20.1 Å². The summed E-state index contributed by atoms with van der Waals surface area (Å²) in [6.45, 7) is 8.74. The smallest absolute Gasteiger partial charge is 0.255 e. The monoisotopic (exact) mass is 725 g/mol. The highest BCUT2D eigenvalue weighted by Gasteiger charge is 2.35. The van der Waals surface area contributed by atoms with E-state index >= 15 is 0 Å². The van der Waals surface area contributed by atoms with Gasteiger partial charge in [0.1, 0.15) is 12.6 Å². The highest BCUT2D eigenvalue weighted by Crippen LogP contribution is 2.43. The lowest BCUT2D eigenvalue weighted by molar-refractivity contribution is -0.113. The molecular weight excluding hydrogens is 694 g/mol. The molecule has 0 aliphatic carbocycles. The molecule has 11 heteroatoms. The molecule has 0 saturated carbocycles. The fraction of sp³-hybridized carbons (Fsp3) is 0.281. The summed E-state index contributed by atoms with van der Waals surface area (Å²) in [7, 11) is 0. The molecule has 3 aromatic carbocycles. The molecule has 1 unspecified atom stereocenters. The van der Waals surface area contributed by atoms with Gasteiger partial charge < -0.3 is 20.1 Å². The zero-order chi connectivity index (χ0) is 30.5.